The Bertz CT molecular complexity index is 342. The van der Waals surface area contributed by atoms with Crippen molar-refractivity contribution in [2.45, 2.75) is 32.1 Å². The van der Waals surface area contributed by atoms with Gasteiger partial charge in [0.25, 0.3) is 0 Å². The highest BCUT2D eigenvalue weighted by molar-refractivity contribution is 5.86. The summed E-state index contributed by atoms with van der Waals surface area (Å²) in [7, 11) is 0. The molecule has 17 heavy (non-hydrogen) atoms. The molecule has 0 aromatic heterocycles. The zero-order valence-corrected chi connectivity index (χ0v) is 10.2. The molecule has 2 bridgehead atoms. The lowest BCUT2D eigenvalue weighted by Gasteiger charge is -2.27. The summed E-state index contributed by atoms with van der Waals surface area (Å²) in [6.45, 7) is 1.72. The van der Waals surface area contributed by atoms with Gasteiger partial charge in [-0.1, -0.05) is 6.42 Å². The predicted octanol–water partition coefficient (Wildman–Crippen LogP) is 0.771. The predicted molar refractivity (Wildman–Crippen MR) is 63.1 cm³/mol. The van der Waals surface area contributed by atoms with Crippen LogP contribution >= 0.6 is 0 Å². The number of rotatable bonds is 1. The van der Waals surface area contributed by atoms with Gasteiger partial charge in [-0.05, 0) is 37.5 Å². The highest BCUT2D eigenvalue weighted by Gasteiger charge is 2.44. The molecule has 94 valence electrons. The van der Waals surface area contributed by atoms with Crippen LogP contribution in [0.15, 0.2) is 0 Å². The normalized spacial score (nSPS) is 36.8. The first kappa shape index (κ1) is 11.1. The minimum absolute atomic E-state index is 0.000920. The van der Waals surface area contributed by atoms with Crippen LogP contribution in [0, 0.1) is 17.8 Å². The summed E-state index contributed by atoms with van der Waals surface area (Å²) in [5.74, 6) is 1.86. The van der Waals surface area contributed by atoms with Gasteiger partial charge < -0.3 is 10.2 Å². The lowest BCUT2D eigenvalue weighted by atomic mass is 9.87. The molecule has 2 amide bonds. The van der Waals surface area contributed by atoms with Crippen LogP contribution in [0.25, 0.3) is 0 Å². The lowest BCUT2D eigenvalue weighted by Crippen LogP contribution is -2.42. The zero-order chi connectivity index (χ0) is 11.8. The van der Waals surface area contributed by atoms with Gasteiger partial charge in [0.05, 0.1) is 6.54 Å². The maximum absolute atomic E-state index is 12.4. The van der Waals surface area contributed by atoms with Crippen molar-refractivity contribution in [2.24, 2.45) is 17.8 Å². The summed E-state index contributed by atoms with van der Waals surface area (Å²) in [5.41, 5.74) is 0. The SMILES string of the molecule is O=C1CN(C(=O)C2CC3CCC2C3)CCCN1. The number of fused-ring (bicyclic) bond motifs is 2. The molecule has 1 N–H and O–H groups in total. The maximum atomic E-state index is 12.4. The minimum atomic E-state index is -0.000920. The molecule has 3 fully saturated rings. The molecule has 3 unspecified atom stereocenters. The van der Waals surface area contributed by atoms with Crippen molar-refractivity contribution in [3.8, 4) is 0 Å². The average Bonchev–Trinajstić information content (AvgIpc) is 2.88. The van der Waals surface area contributed by atoms with Crippen molar-refractivity contribution in [1.82, 2.24) is 10.2 Å². The van der Waals surface area contributed by atoms with Gasteiger partial charge in [0, 0.05) is 19.0 Å². The molecule has 1 heterocycles. The summed E-state index contributed by atoms with van der Waals surface area (Å²) in [6, 6.07) is 0. The molecule has 4 nitrogen and oxygen atoms in total. The van der Waals surface area contributed by atoms with Crippen LogP contribution in [0.4, 0.5) is 0 Å². The number of carbonyl (C=O) groups excluding carboxylic acids is 2. The molecule has 0 aromatic carbocycles. The zero-order valence-electron chi connectivity index (χ0n) is 10.2. The third-order valence-corrected chi connectivity index (χ3v) is 4.63. The van der Waals surface area contributed by atoms with E-state index in [-0.39, 0.29) is 24.3 Å². The summed E-state index contributed by atoms with van der Waals surface area (Å²) in [4.78, 5) is 25.7. The lowest BCUT2D eigenvalue weighted by molar-refractivity contribution is -0.140. The fourth-order valence-electron chi connectivity index (χ4n) is 3.78. The van der Waals surface area contributed by atoms with Crippen LogP contribution in [0.2, 0.25) is 0 Å². The Labute approximate surface area is 102 Å². The highest BCUT2D eigenvalue weighted by Crippen LogP contribution is 2.48. The number of hydrogen-bond acceptors (Lipinski definition) is 2. The van der Waals surface area contributed by atoms with E-state index in [1.807, 2.05) is 0 Å². The van der Waals surface area contributed by atoms with E-state index in [4.69, 9.17) is 0 Å². The molecule has 0 spiro atoms. The van der Waals surface area contributed by atoms with Crippen molar-refractivity contribution in [2.75, 3.05) is 19.6 Å². The van der Waals surface area contributed by atoms with Crippen molar-refractivity contribution < 1.29 is 9.59 Å². The molecule has 4 heteroatoms. The molecule has 0 radical (unpaired) electrons. The monoisotopic (exact) mass is 236 g/mol. The van der Waals surface area contributed by atoms with Gasteiger partial charge in [-0.25, -0.2) is 0 Å². The highest BCUT2D eigenvalue weighted by atomic mass is 16.2. The maximum Gasteiger partial charge on any atom is 0.239 e. The topological polar surface area (TPSA) is 49.4 Å². The number of nitrogens with one attached hydrogen (secondary N) is 1. The Balaban J connectivity index is 1.67. The molecule has 3 rings (SSSR count). The van der Waals surface area contributed by atoms with Crippen LogP contribution in [0.1, 0.15) is 32.1 Å². The first-order chi connectivity index (χ1) is 8.24. The molecule has 2 saturated carbocycles. The smallest absolute Gasteiger partial charge is 0.239 e. The van der Waals surface area contributed by atoms with Crippen LogP contribution < -0.4 is 5.32 Å². The van der Waals surface area contributed by atoms with Crippen molar-refractivity contribution in [3.05, 3.63) is 0 Å². The third-order valence-electron chi connectivity index (χ3n) is 4.63. The van der Waals surface area contributed by atoms with Gasteiger partial charge in [0.15, 0.2) is 0 Å². The second kappa shape index (κ2) is 4.31. The first-order valence-electron chi connectivity index (χ1n) is 6.79. The van der Waals surface area contributed by atoms with Gasteiger partial charge in [-0.15, -0.1) is 0 Å². The summed E-state index contributed by atoms with van der Waals surface area (Å²) in [5, 5.41) is 2.82. The van der Waals surface area contributed by atoms with Gasteiger partial charge in [-0.3, -0.25) is 9.59 Å². The number of carbonyl (C=O) groups is 2. The van der Waals surface area contributed by atoms with Crippen molar-refractivity contribution >= 4 is 11.8 Å². The number of hydrogen-bond donors (Lipinski definition) is 1. The number of nitrogens with zero attached hydrogens (tertiary/aromatic N) is 1. The quantitative estimate of drug-likeness (QED) is 0.731. The summed E-state index contributed by atoms with van der Waals surface area (Å²) < 4.78 is 0. The Kier molecular flexibility index (Phi) is 2.81. The van der Waals surface area contributed by atoms with E-state index in [1.54, 1.807) is 4.90 Å². The average molecular weight is 236 g/mol. The Hall–Kier alpha value is -1.06. The fraction of sp³-hybridized carbons (Fsp3) is 0.846. The standard InChI is InChI=1S/C13H20N2O2/c16-12-8-15(5-1-4-14-12)13(17)11-7-9-2-3-10(11)6-9/h9-11H,1-8H2,(H,14,16). The molecule has 2 aliphatic carbocycles. The molecule has 1 saturated heterocycles. The number of amides is 2. The molecule has 1 aliphatic heterocycles. The second-order valence-corrected chi connectivity index (χ2v) is 5.74. The summed E-state index contributed by atoms with van der Waals surface area (Å²) in [6.07, 6.45) is 5.74. The minimum Gasteiger partial charge on any atom is -0.354 e. The van der Waals surface area contributed by atoms with E-state index in [0.29, 0.717) is 12.5 Å². The van der Waals surface area contributed by atoms with Crippen molar-refractivity contribution in [1.29, 1.82) is 0 Å². The largest absolute Gasteiger partial charge is 0.354 e. The molecule has 3 aliphatic rings. The van der Waals surface area contributed by atoms with Crippen LogP contribution in [0.5, 0.6) is 0 Å². The summed E-state index contributed by atoms with van der Waals surface area (Å²) >= 11 is 0. The molecular formula is C13H20N2O2. The van der Waals surface area contributed by atoms with Gasteiger partial charge in [-0.2, -0.15) is 0 Å². The van der Waals surface area contributed by atoms with E-state index in [1.165, 1.54) is 19.3 Å². The third kappa shape index (κ3) is 2.05. The van der Waals surface area contributed by atoms with Gasteiger partial charge >= 0.3 is 0 Å². The Morgan fingerprint density at radius 2 is 2.18 bits per heavy atom. The van der Waals surface area contributed by atoms with E-state index < -0.39 is 0 Å². The molecule has 0 aromatic rings. The van der Waals surface area contributed by atoms with E-state index in [9.17, 15) is 9.59 Å². The second-order valence-electron chi connectivity index (χ2n) is 5.74. The van der Waals surface area contributed by atoms with Crippen LogP contribution in [-0.4, -0.2) is 36.3 Å². The van der Waals surface area contributed by atoms with Gasteiger partial charge in [0.2, 0.25) is 11.8 Å². The van der Waals surface area contributed by atoms with Crippen LogP contribution in [0.3, 0.4) is 0 Å². The first-order valence-corrected chi connectivity index (χ1v) is 6.79. The molecule has 3 atom stereocenters. The van der Waals surface area contributed by atoms with E-state index in [2.05, 4.69) is 5.32 Å². The van der Waals surface area contributed by atoms with Gasteiger partial charge in [0.1, 0.15) is 0 Å². The fourth-order valence-corrected chi connectivity index (χ4v) is 3.78. The Morgan fingerprint density at radius 1 is 1.29 bits per heavy atom. The van der Waals surface area contributed by atoms with Crippen molar-refractivity contribution in [3.63, 3.8) is 0 Å². The molecular weight excluding hydrogens is 216 g/mol. The van der Waals surface area contributed by atoms with Crippen LogP contribution in [-0.2, 0) is 9.59 Å². The van der Waals surface area contributed by atoms with E-state index in [0.717, 1.165) is 25.3 Å². The Morgan fingerprint density at radius 3 is 2.88 bits per heavy atom. The van der Waals surface area contributed by atoms with E-state index >= 15 is 0 Å².